The normalized spacial score (nSPS) is 17.1. The molecule has 4 nitrogen and oxygen atoms in total. The molecule has 1 aliphatic carbocycles. The number of rotatable bonds is 3. The van der Waals surface area contributed by atoms with Crippen LogP contribution in [0.25, 0.3) is 0 Å². The van der Waals surface area contributed by atoms with Crippen LogP contribution in [0.1, 0.15) is 52.0 Å². The Kier molecular flexibility index (Phi) is 4.94. The third kappa shape index (κ3) is 3.99. The standard InChI is InChI=1S/C17H24F2N2O2/c1-16(2,3)23-15(22)21-13-9-11(8-12(18)14(13)19)17(10-20)6-4-5-7-17/h8-9H,4-7,10,20H2,1-3H3,(H,21,22). The van der Waals surface area contributed by atoms with Crippen LogP contribution >= 0.6 is 0 Å². The van der Waals surface area contributed by atoms with Crippen molar-refractivity contribution in [1.29, 1.82) is 0 Å². The first-order chi connectivity index (χ1) is 10.7. The zero-order valence-electron chi connectivity index (χ0n) is 13.8. The van der Waals surface area contributed by atoms with E-state index in [-0.39, 0.29) is 11.1 Å². The van der Waals surface area contributed by atoms with Gasteiger partial charge in [0, 0.05) is 12.0 Å². The Bertz CT molecular complexity index is 591. The van der Waals surface area contributed by atoms with E-state index in [0.29, 0.717) is 12.1 Å². The van der Waals surface area contributed by atoms with Crippen molar-refractivity contribution < 1.29 is 18.3 Å². The van der Waals surface area contributed by atoms with E-state index in [2.05, 4.69) is 5.32 Å². The smallest absolute Gasteiger partial charge is 0.412 e. The SMILES string of the molecule is CC(C)(C)OC(=O)Nc1cc(C2(CN)CCCC2)cc(F)c1F. The predicted octanol–water partition coefficient (Wildman–Crippen LogP) is 4.08. The molecular weight excluding hydrogens is 302 g/mol. The topological polar surface area (TPSA) is 64.3 Å². The number of nitrogens with one attached hydrogen (secondary N) is 1. The number of benzene rings is 1. The molecule has 0 heterocycles. The van der Waals surface area contributed by atoms with Crippen molar-refractivity contribution in [2.45, 2.75) is 57.5 Å². The second-order valence-corrected chi connectivity index (χ2v) is 7.14. The number of halogens is 2. The highest BCUT2D eigenvalue weighted by molar-refractivity contribution is 5.85. The fraction of sp³-hybridized carbons (Fsp3) is 0.588. The summed E-state index contributed by atoms with van der Waals surface area (Å²) in [5.74, 6) is -2.09. The fourth-order valence-corrected chi connectivity index (χ4v) is 3.06. The summed E-state index contributed by atoms with van der Waals surface area (Å²) in [6, 6.07) is 2.66. The maximum atomic E-state index is 14.0. The molecule has 0 aromatic heterocycles. The van der Waals surface area contributed by atoms with E-state index in [0.717, 1.165) is 25.7 Å². The molecule has 1 saturated carbocycles. The number of hydrogen-bond donors (Lipinski definition) is 2. The molecule has 6 heteroatoms. The summed E-state index contributed by atoms with van der Waals surface area (Å²) in [7, 11) is 0. The van der Waals surface area contributed by atoms with Gasteiger partial charge in [-0.2, -0.15) is 0 Å². The highest BCUT2D eigenvalue weighted by Gasteiger charge is 2.35. The number of nitrogens with two attached hydrogens (primary N) is 1. The monoisotopic (exact) mass is 326 g/mol. The van der Waals surface area contributed by atoms with Crippen LogP contribution in [0.15, 0.2) is 12.1 Å². The lowest BCUT2D eigenvalue weighted by atomic mass is 9.79. The van der Waals surface area contributed by atoms with Crippen LogP contribution in [0.3, 0.4) is 0 Å². The van der Waals surface area contributed by atoms with Crippen molar-refractivity contribution >= 4 is 11.8 Å². The summed E-state index contributed by atoms with van der Waals surface area (Å²) in [5, 5.41) is 2.30. The number of carbonyl (C=O) groups excluding carboxylic acids is 1. The lowest BCUT2D eigenvalue weighted by molar-refractivity contribution is 0.0635. The zero-order valence-corrected chi connectivity index (χ0v) is 13.8. The van der Waals surface area contributed by atoms with Crippen molar-refractivity contribution in [2.75, 3.05) is 11.9 Å². The minimum Gasteiger partial charge on any atom is -0.444 e. The molecule has 0 bridgehead atoms. The molecule has 0 atom stereocenters. The molecule has 0 spiro atoms. The largest absolute Gasteiger partial charge is 0.444 e. The molecule has 0 unspecified atom stereocenters. The van der Waals surface area contributed by atoms with Crippen LogP contribution in [0.4, 0.5) is 19.3 Å². The number of anilines is 1. The number of carbonyl (C=O) groups is 1. The van der Waals surface area contributed by atoms with Gasteiger partial charge in [0.1, 0.15) is 5.60 Å². The first-order valence-electron chi connectivity index (χ1n) is 7.86. The van der Waals surface area contributed by atoms with E-state index in [9.17, 15) is 13.6 Å². The van der Waals surface area contributed by atoms with Gasteiger partial charge in [-0.1, -0.05) is 12.8 Å². The molecule has 3 N–H and O–H groups in total. The number of hydrogen-bond acceptors (Lipinski definition) is 3. The minimum atomic E-state index is -1.09. The summed E-state index contributed by atoms with van der Waals surface area (Å²) < 4.78 is 33.1. The van der Waals surface area contributed by atoms with Crippen LogP contribution < -0.4 is 11.1 Å². The van der Waals surface area contributed by atoms with Gasteiger partial charge in [0.05, 0.1) is 5.69 Å². The second-order valence-electron chi connectivity index (χ2n) is 7.14. The third-order valence-electron chi connectivity index (χ3n) is 4.23. The van der Waals surface area contributed by atoms with E-state index >= 15 is 0 Å². The molecule has 1 aliphatic rings. The first kappa shape index (κ1) is 17.7. The quantitative estimate of drug-likeness (QED) is 0.879. The highest BCUT2D eigenvalue weighted by Crippen LogP contribution is 2.41. The molecule has 0 saturated heterocycles. The lowest BCUT2D eigenvalue weighted by Gasteiger charge is -2.28. The summed E-state index contributed by atoms with van der Waals surface area (Å²) in [6.45, 7) is 5.45. The van der Waals surface area contributed by atoms with Crippen molar-refractivity contribution in [3.63, 3.8) is 0 Å². The van der Waals surface area contributed by atoms with Crippen LogP contribution in [0.2, 0.25) is 0 Å². The Labute approximate surface area is 135 Å². The molecule has 2 rings (SSSR count). The first-order valence-corrected chi connectivity index (χ1v) is 7.86. The number of amides is 1. The second kappa shape index (κ2) is 6.43. The third-order valence-corrected chi connectivity index (χ3v) is 4.23. The Hall–Kier alpha value is -1.69. The maximum absolute atomic E-state index is 14.0. The van der Waals surface area contributed by atoms with Gasteiger partial charge in [0.15, 0.2) is 11.6 Å². The minimum absolute atomic E-state index is 0.214. The number of ether oxygens (including phenoxy) is 1. The van der Waals surface area contributed by atoms with Gasteiger partial charge < -0.3 is 10.5 Å². The Morgan fingerprint density at radius 2 is 1.91 bits per heavy atom. The molecule has 1 aromatic rings. The zero-order chi connectivity index (χ0) is 17.3. The maximum Gasteiger partial charge on any atom is 0.412 e. The molecule has 1 aromatic carbocycles. The molecular formula is C17H24F2N2O2. The van der Waals surface area contributed by atoms with E-state index in [1.54, 1.807) is 20.8 Å². The van der Waals surface area contributed by atoms with Crippen molar-refractivity contribution in [3.8, 4) is 0 Å². The van der Waals surface area contributed by atoms with E-state index in [1.165, 1.54) is 12.1 Å². The summed E-state index contributed by atoms with van der Waals surface area (Å²) in [4.78, 5) is 11.8. The van der Waals surface area contributed by atoms with Crippen LogP contribution in [0.5, 0.6) is 0 Å². The Balaban J connectivity index is 2.31. The lowest BCUT2D eigenvalue weighted by Crippen LogP contribution is -2.32. The van der Waals surface area contributed by atoms with Crippen LogP contribution in [0, 0.1) is 11.6 Å². The van der Waals surface area contributed by atoms with E-state index in [4.69, 9.17) is 10.5 Å². The molecule has 0 radical (unpaired) electrons. The van der Waals surface area contributed by atoms with Gasteiger partial charge in [0.25, 0.3) is 0 Å². The van der Waals surface area contributed by atoms with Crippen molar-refractivity contribution in [3.05, 3.63) is 29.3 Å². The summed E-state index contributed by atoms with van der Waals surface area (Å²) in [6.07, 6.45) is 2.86. The summed E-state index contributed by atoms with van der Waals surface area (Å²) >= 11 is 0. The van der Waals surface area contributed by atoms with Gasteiger partial charge in [-0.3, -0.25) is 5.32 Å². The van der Waals surface area contributed by atoms with Gasteiger partial charge >= 0.3 is 6.09 Å². The van der Waals surface area contributed by atoms with Crippen LogP contribution in [-0.4, -0.2) is 18.2 Å². The van der Waals surface area contributed by atoms with E-state index in [1.807, 2.05) is 0 Å². The van der Waals surface area contributed by atoms with Crippen molar-refractivity contribution in [2.24, 2.45) is 5.73 Å². The Morgan fingerprint density at radius 3 is 2.43 bits per heavy atom. The van der Waals surface area contributed by atoms with Gasteiger partial charge in [-0.15, -0.1) is 0 Å². The molecule has 0 aliphatic heterocycles. The van der Waals surface area contributed by atoms with Crippen LogP contribution in [-0.2, 0) is 10.2 Å². The summed E-state index contributed by atoms with van der Waals surface area (Å²) in [5.41, 5.74) is 5.24. The average Bonchev–Trinajstić information content (AvgIpc) is 2.91. The molecule has 1 fully saturated rings. The van der Waals surface area contributed by atoms with Gasteiger partial charge in [-0.25, -0.2) is 13.6 Å². The highest BCUT2D eigenvalue weighted by atomic mass is 19.2. The molecule has 1 amide bonds. The predicted molar refractivity (Wildman–Crippen MR) is 85.4 cm³/mol. The Morgan fingerprint density at radius 1 is 1.30 bits per heavy atom. The molecule has 23 heavy (non-hydrogen) atoms. The molecule has 128 valence electrons. The van der Waals surface area contributed by atoms with E-state index < -0.39 is 23.3 Å². The van der Waals surface area contributed by atoms with Gasteiger partial charge in [-0.05, 0) is 51.3 Å². The fourth-order valence-electron chi connectivity index (χ4n) is 3.06. The van der Waals surface area contributed by atoms with Crippen molar-refractivity contribution in [1.82, 2.24) is 0 Å². The van der Waals surface area contributed by atoms with Gasteiger partial charge in [0.2, 0.25) is 0 Å². The average molecular weight is 326 g/mol.